The summed E-state index contributed by atoms with van der Waals surface area (Å²) in [5, 5.41) is 0. The Morgan fingerprint density at radius 1 is 1.24 bits per heavy atom. The predicted molar refractivity (Wildman–Crippen MR) is 73.9 cm³/mol. The second kappa shape index (κ2) is 5.22. The molecule has 1 aliphatic heterocycles. The molecular formula is C16H25N. The Balaban J connectivity index is 1.91. The summed E-state index contributed by atoms with van der Waals surface area (Å²) in [5.74, 6) is 0.871. The van der Waals surface area contributed by atoms with E-state index in [1.807, 2.05) is 0 Å². The monoisotopic (exact) mass is 231 g/mol. The van der Waals surface area contributed by atoms with Crippen LogP contribution in [-0.4, -0.2) is 18.0 Å². The van der Waals surface area contributed by atoms with Crippen molar-refractivity contribution in [3.05, 3.63) is 35.9 Å². The van der Waals surface area contributed by atoms with Gasteiger partial charge in [0.1, 0.15) is 0 Å². The van der Waals surface area contributed by atoms with Crippen molar-refractivity contribution in [2.24, 2.45) is 11.3 Å². The average molecular weight is 231 g/mol. The van der Waals surface area contributed by atoms with Crippen LogP contribution in [0.1, 0.15) is 39.2 Å². The predicted octanol–water partition coefficient (Wildman–Crippen LogP) is 3.94. The SMILES string of the molecule is CCC(C)(C)C1CCN(Cc2ccccc2)C1. The molecule has 1 fully saturated rings. The smallest absolute Gasteiger partial charge is 0.0233 e. The van der Waals surface area contributed by atoms with E-state index in [1.165, 1.54) is 31.5 Å². The van der Waals surface area contributed by atoms with E-state index in [0.717, 1.165) is 12.5 Å². The lowest BCUT2D eigenvalue weighted by atomic mass is 9.76. The van der Waals surface area contributed by atoms with Crippen LogP contribution in [-0.2, 0) is 6.54 Å². The average Bonchev–Trinajstić information content (AvgIpc) is 2.80. The summed E-state index contributed by atoms with van der Waals surface area (Å²) >= 11 is 0. The van der Waals surface area contributed by atoms with E-state index in [4.69, 9.17) is 0 Å². The summed E-state index contributed by atoms with van der Waals surface area (Å²) in [6.07, 6.45) is 2.66. The Bertz CT molecular complexity index is 342. The van der Waals surface area contributed by atoms with Gasteiger partial charge in [0.2, 0.25) is 0 Å². The van der Waals surface area contributed by atoms with Crippen molar-refractivity contribution in [1.29, 1.82) is 0 Å². The van der Waals surface area contributed by atoms with Crippen molar-refractivity contribution >= 4 is 0 Å². The zero-order valence-corrected chi connectivity index (χ0v) is 11.4. The largest absolute Gasteiger partial charge is 0.299 e. The summed E-state index contributed by atoms with van der Waals surface area (Å²) in [7, 11) is 0. The first kappa shape index (κ1) is 12.6. The molecule has 1 heteroatoms. The third kappa shape index (κ3) is 3.10. The van der Waals surface area contributed by atoms with Gasteiger partial charge in [-0.2, -0.15) is 0 Å². The van der Waals surface area contributed by atoms with Crippen LogP contribution in [0, 0.1) is 11.3 Å². The summed E-state index contributed by atoms with van der Waals surface area (Å²) in [4.78, 5) is 2.61. The minimum Gasteiger partial charge on any atom is -0.299 e. The fourth-order valence-corrected chi connectivity index (χ4v) is 2.74. The van der Waals surface area contributed by atoms with Crippen LogP contribution in [0.3, 0.4) is 0 Å². The second-order valence-electron chi connectivity index (χ2n) is 6.05. The normalized spacial score (nSPS) is 21.9. The van der Waals surface area contributed by atoms with Gasteiger partial charge in [0, 0.05) is 13.1 Å². The van der Waals surface area contributed by atoms with E-state index >= 15 is 0 Å². The molecule has 1 aromatic carbocycles. The molecule has 0 radical (unpaired) electrons. The van der Waals surface area contributed by atoms with Crippen LogP contribution in [0.2, 0.25) is 0 Å². The molecule has 1 nitrogen and oxygen atoms in total. The Morgan fingerprint density at radius 2 is 1.94 bits per heavy atom. The zero-order chi connectivity index (χ0) is 12.3. The van der Waals surface area contributed by atoms with Crippen molar-refractivity contribution in [2.45, 2.75) is 40.2 Å². The number of likely N-dealkylation sites (tertiary alicyclic amines) is 1. The van der Waals surface area contributed by atoms with E-state index in [-0.39, 0.29) is 0 Å². The van der Waals surface area contributed by atoms with Gasteiger partial charge >= 0.3 is 0 Å². The first-order valence-electron chi connectivity index (χ1n) is 6.88. The molecule has 0 bridgehead atoms. The molecule has 0 N–H and O–H groups in total. The highest BCUT2D eigenvalue weighted by atomic mass is 15.1. The third-order valence-electron chi connectivity index (χ3n) is 4.54. The van der Waals surface area contributed by atoms with Crippen molar-refractivity contribution in [3.8, 4) is 0 Å². The molecule has 1 aromatic rings. The first-order chi connectivity index (χ1) is 8.12. The van der Waals surface area contributed by atoms with Gasteiger partial charge in [0.15, 0.2) is 0 Å². The fourth-order valence-electron chi connectivity index (χ4n) is 2.74. The Hall–Kier alpha value is -0.820. The van der Waals surface area contributed by atoms with Crippen LogP contribution in [0.5, 0.6) is 0 Å². The number of hydrogen-bond acceptors (Lipinski definition) is 1. The van der Waals surface area contributed by atoms with E-state index < -0.39 is 0 Å². The molecule has 94 valence electrons. The first-order valence-corrected chi connectivity index (χ1v) is 6.88. The Morgan fingerprint density at radius 3 is 2.59 bits per heavy atom. The van der Waals surface area contributed by atoms with Crippen LogP contribution < -0.4 is 0 Å². The minimum atomic E-state index is 0.505. The van der Waals surface area contributed by atoms with Gasteiger partial charge in [-0.3, -0.25) is 4.90 Å². The molecule has 1 heterocycles. The maximum atomic E-state index is 2.61. The number of hydrogen-bond donors (Lipinski definition) is 0. The molecule has 0 saturated carbocycles. The summed E-state index contributed by atoms with van der Waals surface area (Å²) < 4.78 is 0. The standard InChI is InChI=1S/C16H25N/c1-4-16(2,3)15-10-11-17(13-15)12-14-8-6-5-7-9-14/h5-9,15H,4,10-13H2,1-3H3. The number of benzene rings is 1. The Kier molecular flexibility index (Phi) is 3.88. The molecule has 1 unspecified atom stereocenters. The lowest BCUT2D eigenvalue weighted by Crippen LogP contribution is -2.27. The molecule has 0 aromatic heterocycles. The van der Waals surface area contributed by atoms with Crippen molar-refractivity contribution in [2.75, 3.05) is 13.1 Å². The molecule has 1 saturated heterocycles. The summed E-state index contributed by atoms with van der Waals surface area (Å²) in [6, 6.07) is 10.8. The zero-order valence-electron chi connectivity index (χ0n) is 11.4. The van der Waals surface area contributed by atoms with Gasteiger partial charge in [-0.25, -0.2) is 0 Å². The molecule has 0 amide bonds. The van der Waals surface area contributed by atoms with E-state index in [1.54, 1.807) is 0 Å². The van der Waals surface area contributed by atoms with E-state index in [0.29, 0.717) is 5.41 Å². The highest BCUT2D eigenvalue weighted by Crippen LogP contribution is 2.37. The second-order valence-corrected chi connectivity index (χ2v) is 6.05. The lowest BCUT2D eigenvalue weighted by molar-refractivity contribution is 0.197. The molecule has 1 aliphatic rings. The number of nitrogens with zero attached hydrogens (tertiary/aromatic N) is 1. The quantitative estimate of drug-likeness (QED) is 0.758. The molecule has 1 atom stereocenters. The highest BCUT2D eigenvalue weighted by molar-refractivity contribution is 5.14. The van der Waals surface area contributed by atoms with Crippen molar-refractivity contribution in [3.63, 3.8) is 0 Å². The van der Waals surface area contributed by atoms with Crippen LogP contribution in [0.15, 0.2) is 30.3 Å². The summed E-state index contributed by atoms with van der Waals surface area (Å²) in [6.45, 7) is 10.8. The molecule has 17 heavy (non-hydrogen) atoms. The summed E-state index contributed by atoms with van der Waals surface area (Å²) in [5.41, 5.74) is 1.95. The van der Waals surface area contributed by atoms with Gasteiger partial charge in [-0.05, 0) is 29.9 Å². The van der Waals surface area contributed by atoms with Crippen molar-refractivity contribution < 1.29 is 0 Å². The van der Waals surface area contributed by atoms with Crippen LogP contribution >= 0.6 is 0 Å². The van der Waals surface area contributed by atoms with Gasteiger partial charge < -0.3 is 0 Å². The van der Waals surface area contributed by atoms with Gasteiger partial charge in [-0.15, -0.1) is 0 Å². The minimum absolute atomic E-state index is 0.505. The van der Waals surface area contributed by atoms with E-state index in [9.17, 15) is 0 Å². The third-order valence-corrected chi connectivity index (χ3v) is 4.54. The molecule has 0 aliphatic carbocycles. The maximum absolute atomic E-state index is 2.61. The molecule has 2 rings (SSSR count). The van der Waals surface area contributed by atoms with Crippen LogP contribution in [0.25, 0.3) is 0 Å². The number of rotatable bonds is 4. The van der Waals surface area contributed by atoms with Gasteiger partial charge in [0.05, 0.1) is 0 Å². The lowest BCUT2D eigenvalue weighted by Gasteiger charge is -2.30. The molecule has 0 spiro atoms. The van der Waals surface area contributed by atoms with Gasteiger partial charge in [-0.1, -0.05) is 57.5 Å². The van der Waals surface area contributed by atoms with Crippen LogP contribution in [0.4, 0.5) is 0 Å². The van der Waals surface area contributed by atoms with E-state index in [2.05, 4.69) is 56.0 Å². The topological polar surface area (TPSA) is 3.24 Å². The maximum Gasteiger partial charge on any atom is 0.0233 e. The highest BCUT2D eigenvalue weighted by Gasteiger charge is 2.33. The Labute approximate surface area is 106 Å². The molecular weight excluding hydrogens is 206 g/mol. The van der Waals surface area contributed by atoms with Crippen molar-refractivity contribution in [1.82, 2.24) is 4.90 Å². The fraction of sp³-hybridized carbons (Fsp3) is 0.625. The van der Waals surface area contributed by atoms with Gasteiger partial charge in [0.25, 0.3) is 0 Å².